The highest BCUT2D eigenvalue weighted by Crippen LogP contribution is 2.32. The molecule has 2 aliphatic heterocycles. The molecular formula is C28H34Cl2N4O4S. The molecule has 11 heteroatoms. The number of carbonyl (C=O) groups excluding carboxylic acids is 2. The van der Waals surface area contributed by atoms with E-state index in [-0.39, 0.29) is 46.4 Å². The van der Waals surface area contributed by atoms with Crippen molar-refractivity contribution in [1.82, 2.24) is 19.8 Å². The summed E-state index contributed by atoms with van der Waals surface area (Å²) in [6.45, 7) is 3.44. The number of hydrogen-bond acceptors (Lipinski definition) is 5. The predicted molar refractivity (Wildman–Crippen MR) is 151 cm³/mol. The van der Waals surface area contributed by atoms with Crippen LogP contribution in [0.15, 0.2) is 41.3 Å². The van der Waals surface area contributed by atoms with Crippen molar-refractivity contribution >= 4 is 45.0 Å². The van der Waals surface area contributed by atoms with Gasteiger partial charge < -0.3 is 10.6 Å². The summed E-state index contributed by atoms with van der Waals surface area (Å²) >= 11 is 12.0. The summed E-state index contributed by atoms with van der Waals surface area (Å²) < 4.78 is 27.9. The molecule has 0 radical (unpaired) electrons. The normalized spacial score (nSPS) is 22.7. The van der Waals surface area contributed by atoms with Crippen molar-refractivity contribution in [1.29, 1.82) is 0 Å². The molecule has 2 atom stereocenters. The largest absolute Gasteiger partial charge is 0.353 e. The van der Waals surface area contributed by atoms with Gasteiger partial charge in [0.1, 0.15) is 6.04 Å². The van der Waals surface area contributed by atoms with E-state index < -0.39 is 22.0 Å². The van der Waals surface area contributed by atoms with Crippen LogP contribution in [-0.2, 0) is 32.6 Å². The Morgan fingerprint density at radius 3 is 2.56 bits per heavy atom. The van der Waals surface area contributed by atoms with E-state index in [1.54, 1.807) is 0 Å². The fourth-order valence-corrected chi connectivity index (χ4v) is 7.85. The topological polar surface area (TPSA) is 98.8 Å². The van der Waals surface area contributed by atoms with Crippen LogP contribution in [0.25, 0.3) is 0 Å². The summed E-state index contributed by atoms with van der Waals surface area (Å²) in [6, 6.07) is 9.23. The van der Waals surface area contributed by atoms with Crippen LogP contribution in [0, 0.1) is 0 Å². The highest BCUT2D eigenvalue weighted by Gasteiger charge is 2.40. The molecule has 1 aliphatic carbocycles. The van der Waals surface area contributed by atoms with Gasteiger partial charge in [-0.2, -0.15) is 4.31 Å². The Hall–Kier alpha value is -2.17. The van der Waals surface area contributed by atoms with Gasteiger partial charge in [0, 0.05) is 19.6 Å². The van der Waals surface area contributed by atoms with Crippen molar-refractivity contribution in [3.63, 3.8) is 0 Å². The van der Waals surface area contributed by atoms with Crippen LogP contribution in [-0.4, -0.2) is 61.7 Å². The Labute approximate surface area is 240 Å². The van der Waals surface area contributed by atoms with E-state index in [2.05, 4.69) is 33.7 Å². The zero-order valence-electron chi connectivity index (χ0n) is 21.8. The van der Waals surface area contributed by atoms with Crippen molar-refractivity contribution < 1.29 is 18.0 Å². The standard InChI is InChI=1S/C28H34Cl2N4O4S/c29-23-10-8-21(16-24(23)30)39(37,38)34-14-11-31-28(36)26(34)17-27(35)32-25-6-4-5-20-15-19(7-9-22(20)25)18-33-12-2-1-3-13-33/h7-10,15-16,25-26H,1-6,11-14,17-18H2,(H,31,36)(H,32,35)/t25-,26-/m1/s1. The van der Waals surface area contributed by atoms with Crippen LogP contribution in [0.4, 0.5) is 0 Å². The lowest BCUT2D eigenvalue weighted by Crippen LogP contribution is -2.58. The van der Waals surface area contributed by atoms with Crippen LogP contribution >= 0.6 is 23.2 Å². The fraction of sp³-hybridized carbons (Fsp3) is 0.500. The van der Waals surface area contributed by atoms with Crippen LogP contribution in [0.2, 0.25) is 10.0 Å². The SMILES string of the molecule is O=C(C[C@@H]1C(=O)NCCN1S(=O)(=O)c1ccc(Cl)c(Cl)c1)N[C@@H]1CCCc2cc(CN3CCCCC3)ccc21. The number of rotatable bonds is 7. The fourth-order valence-electron chi connectivity index (χ4n) is 5.87. The van der Waals surface area contributed by atoms with Crippen molar-refractivity contribution in [2.45, 2.75) is 68.5 Å². The second kappa shape index (κ2) is 12.1. The lowest BCUT2D eigenvalue weighted by molar-refractivity contribution is -0.132. The van der Waals surface area contributed by atoms with E-state index in [0.29, 0.717) is 0 Å². The average molecular weight is 594 g/mol. The van der Waals surface area contributed by atoms with E-state index in [9.17, 15) is 18.0 Å². The van der Waals surface area contributed by atoms with E-state index >= 15 is 0 Å². The second-order valence-electron chi connectivity index (χ2n) is 10.6. The number of halogens is 2. The number of sulfonamides is 1. The minimum absolute atomic E-state index is 0.0539. The molecule has 2 fully saturated rings. The van der Waals surface area contributed by atoms with Gasteiger partial charge in [0.2, 0.25) is 21.8 Å². The summed E-state index contributed by atoms with van der Waals surface area (Å²) in [5.41, 5.74) is 3.65. The van der Waals surface area contributed by atoms with Gasteiger partial charge in [-0.15, -0.1) is 0 Å². The number of fused-ring (bicyclic) bond motifs is 1. The molecule has 0 bridgehead atoms. The summed E-state index contributed by atoms with van der Waals surface area (Å²) in [7, 11) is -4.08. The minimum atomic E-state index is -4.08. The van der Waals surface area contributed by atoms with E-state index in [4.69, 9.17) is 23.2 Å². The molecular weight excluding hydrogens is 559 g/mol. The third-order valence-electron chi connectivity index (χ3n) is 7.87. The number of nitrogens with one attached hydrogen (secondary N) is 2. The van der Waals surface area contributed by atoms with Gasteiger partial charge in [0.25, 0.3) is 0 Å². The zero-order valence-corrected chi connectivity index (χ0v) is 24.1. The van der Waals surface area contributed by atoms with Crippen LogP contribution in [0.5, 0.6) is 0 Å². The molecule has 3 aliphatic rings. The Bertz CT molecular complexity index is 1350. The van der Waals surface area contributed by atoms with E-state index in [0.717, 1.165) is 48.8 Å². The number of likely N-dealkylation sites (tertiary alicyclic amines) is 1. The number of hydrogen-bond donors (Lipinski definition) is 2. The van der Waals surface area contributed by atoms with Crippen LogP contribution in [0.1, 0.15) is 61.3 Å². The van der Waals surface area contributed by atoms with Gasteiger partial charge in [-0.1, -0.05) is 47.8 Å². The van der Waals surface area contributed by atoms with Gasteiger partial charge >= 0.3 is 0 Å². The van der Waals surface area contributed by atoms with Crippen LogP contribution < -0.4 is 10.6 Å². The number of nitrogens with zero attached hydrogens (tertiary/aromatic N) is 2. The molecule has 2 aromatic rings. The summed E-state index contributed by atoms with van der Waals surface area (Å²) in [5, 5.41) is 6.11. The van der Waals surface area contributed by atoms with Gasteiger partial charge in [-0.05, 0) is 80.1 Å². The number of carbonyl (C=O) groups is 2. The first-order chi connectivity index (χ1) is 18.7. The maximum atomic E-state index is 13.4. The monoisotopic (exact) mass is 592 g/mol. The lowest BCUT2D eigenvalue weighted by Gasteiger charge is -2.34. The third kappa shape index (κ3) is 6.43. The first-order valence-electron chi connectivity index (χ1n) is 13.6. The second-order valence-corrected chi connectivity index (χ2v) is 13.3. The third-order valence-corrected chi connectivity index (χ3v) is 10.5. The number of aryl methyl sites for hydroxylation is 1. The first kappa shape index (κ1) is 28.4. The Kier molecular flexibility index (Phi) is 8.83. The summed E-state index contributed by atoms with van der Waals surface area (Å²) in [4.78, 5) is 28.4. The highest BCUT2D eigenvalue weighted by atomic mass is 35.5. The van der Waals surface area contributed by atoms with Crippen molar-refractivity contribution in [3.8, 4) is 0 Å². The smallest absolute Gasteiger partial charge is 0.243 e. The molecule has 2 N–H and O–H groups in total. The number of piperazine rings is 1. The molecule has 0 saturated carbocycles. The minimum Gasteiger partial charge on any atom is -0.353 e. The maximum Gasteiger partial charge on any atom is 0.243 e. The van der Waals surface area contributed by atoms with Crippen molar-refractivity contribution in [2.24, 2.45) is 0 Å². The first-order valence-corrected chi connectivity index (χ1v) is 15.8. The Balaban J connectivity index is 1.28. The summed E-state index contributed by atoms with van der Waals surface area (Å²) in [5.74, 6) is -0.854. The average Bonchev–Trinajstić information content (AvgIpc) is 2.92. The molecule has 2 saturated heterocycles. The molecule has 8 nitrogen and oxygen atoms in total. The summed E-state index contributed by atoms with van der Waals surface area (Å²) in [6.07, 6.45) is 6.26. The lowest BCUT2D eigenvalue weighted by atomic mass is 9.86. The van der Waals surface area contributed by atoms with Gasteiger partial charge in [-0.3, -0.25) is 14.5 Å². The van der Waals surface area contributed by atoms with Crippen molar-refractivity contribution in [2.75, 3.05) is 26.2 Å². The zero-order chi connectivity index (χ0) is 27.6. The number of amides is 2. The Morgan fingerprint density at radius 1 is 1.00 bits per heavy atom. The van der Waals surface area contributed by atoms with Crippen LogP contribution in [0.3, 0.4) is 0 Å². The van der Waals surface area contributed by atoms with Gasteiger partial charge in [-0.25, -0.2) is 8.42 Å². The number of piperidine rings is 1. The maximum absolute atomic E-state index is 13.4. The van der Waals surface area contributed by atoms with E-state index in [1.165, 1.54) is 48.6 Å². The molecule has 2 amide bonds. The quantitative estimate of drug-likeness (QED) is 0.505. The molecule has 210 valence electrons. The molecule has 2 aromatic carbocycles. The predicted octanol–water partition coefficient (Wildman–Crippen LogP) is 4.05. The number of benzene rings is 2. The molecule has 39 heavy (non-hydrogen) atoms. The highest BCUT2D eigenvalue weighted by molar-refractivity contribution is 7.89. The Morgan fingerprint density at radius 2 is 1.79 bits per heavy atom. The molecule has 2 heterocycles. The molecule has 5 rings (SSSR count). The van der Waals surface area contributed by atoms with E-state index in [1.807, 2.05) is 0 Å². The van der Waals surface area contributed by atoms with Gasteiger partial charge in [0.05, 0.1) is 27.4 Å². The molecule has 0 spiro atoms. The molecule has 0 aromatic heterocycles. The molecule has 0 unspecified atom stereocenters. The van der Waals surface area contributed by atoms with Crippen molar-refractivity contribution in [3.05, 3.63) is 63.1 Å². The van der Waals surface area contributed by atoms with Gasteiger partial charge in [0.15, 0.2) is 0 Å².